The highest BCUT2D eigenvalue weighted by molar-refractivity contribution is 7.99. The van der Waals surface area contributed by atoms with Gasteiger partial charge < -0.3 is 5.32 Å². The van der Waals surface area contributed by atoms with Crippen molar-refractivity contribution >= 4 is 29.0 Å². The predicted molar refractivity (Wildman–Crippen MR) is 65.9 cm³/mol. The number of anilines is 1. The summed E-state index contributed by atoms with van der Waals surface area (Å²) in [5, 5.41) is 15.6. The monoisotopic (exact) mass is 289 g/mol. The Labute approximate surface area is 110 Å². The van der Waals surface area contributed by atoms with Gasteiger partial charge in [0.15, 0.2) is 17.3 Å². The molecule has 1 saturated heterocycles. The molecular formula is C10H9F2N3O3S. The van der Waals surface area contributed by atoms with Crippen molar-refractivity contribution in [1.29, 1.82) is 0 Å². The first kappa shape index (κ1) is 13.7. The zero-order valence-electron chi connectivity index (χ0n) is 9.48. The zero-order chi connectivity index (χ0) is 14.0. The Morgan fingerprint density at radius 3 is 2.84 bits per heavy atom. The Morgan fingerprint density at radius 2 is 2.26 bits per heavy atom. The largest absolute Gasteiger partial charge is 0.316 e. The van der Waals surface area contributed by atoms with E-state index in [1.54, 1.807) is 0 Å². The van der Waals surface area contributed by atoms with Gasteiger partial charge in [-0.05, 0) is 6.07 Å². The molecule has 0 saturated carbocycles. The van der Waals surface area contributed by atoms with Crippen molar-refractivity contribution in [3.8, 4) is 0 Å². The van der Waals surface area contributed by atoms with Crippen molar-refractivity contribution in [1.82, 2.24) is 5.32 Å². The van der Waals surface area contributed by atoms with Gasteiger partial charge in [-0.3, -0.25) is 20.2 Å². The van der Waals surface area contributed by atoms with Gasteiger partial charge in [0.25, 0.3) is 5.69 Å². The van der Waals surface area contributed by atoms with E-state index in [-0.39, 0.29) is 0 Å². The summed E-state index contributed by atoms with van der Waals surface area (Å²) in [5.41, 5.74) is -1.42. The maximum absolute atomic E-state index is 13.5. The second-order valence-electron chi connectivity index (χ2n) is 3.77. The van der Waals surface area contributed by atoms with Gasteiger partial charge in [-0.15, -0.1) is 11.8 Å². The molecule has 1 atom stereocenters. The number of hydrogen-bond donors (Lipinski definition) is 2. The molecule has 1 heterocycles. The van der Waals surface area contributed by atoms with Gasteiger partial charge in [-0.25, -0.2) is 8.78 Å². The van der Waals surface area contributed by atoms with Crippen LogP contribution in [-0.4, -0.2) is 28.5 Å². The third-order valence-electron chi connectivity index (χ3n) is 2.55. The quantitative estimate of drug-likeness (QED) is 0.650. The maximum atomic E-state index is 13.5. The number of nitro groups is 1. The first-order valence-electron chi connectivity index (χ1n) is 5.25. The normalized spacial score (nSPS) is 18.3. The Morgan fingerprint density at radius 1 is 1.53 bits per heavy atom. The summed E-state index contributed by atoms with van der Waals surface area (Å²) in [6.45, 7) is 0. The van der Waals surface area contributed by atoms with Crippen LogP contribution >= 0.6 is 11.8 Å². The van der Waals surface area contributed by atoms with Crippen molar-refractivity contribution in [2.24, 2.45) is 0 Å². The summed E-state index contributed by atoms with van der Waals surface area (Å²) < 4.78 is 26.6. The van der Waals surface area contributed by atoms with Crippen molar-refractivity contribution in [3.05, 3.63) is 33.9 Å². The highest BCUT2D eigenvalue weighted by Crippen LogP contribution is 2.29. The summed E-state index contributed by atoms with van der Waals surface area (Å²) in [6.07, 6.45) is 0. The SMILES string of the molecule is O=C(Nc1c([N+](=O)[O-])ccc(F)c1F)C1CSCN1. The minimum atomic E-state index is -1.44. The third kappa shape index (κ3) is 2.82. The van der Waals surface area contributed by atoms with Crippen LogP contribution in [-0.2, 0) is 4.79 Å². The molecule has 1 amide bonds. The standard InChI is InChI=1S/C10H9F2N3O3S/c11-5-1-2-7(15(17)18)9(8(5)12)14-10(16)6-3-19-4-13-6/h1-2,6,13H,3-4H2,(H,14,16). The molecule has 1 aromatic carbocycles. The van der Waals surface area contributed by atoms with Crippen LogP contribution in [0.1, 0.15) is 0 Å². The molecule has 19 heavy (non-hydrogen) atoms. The van der Waals surface area contributed by atoms with Crippen LogP contribution in [0.25, 0.3) is 0 Å². The maximum Gasteiger partial charge on any atom is 0.296 e. The first-order chi connectivity index (χ1) is 9.00. The van der Waals surface area contributed by atoms with Crippen molar-refractivity contribution < 1.29 is 18.5 Å². The van der Waals surface area contributed by atoms with Gasteiger partial charge in [0, 0.05) is 17.7 Å². The molecule has 1 aromatic rings. The lowest BCUT2D eigenvalue weighted by Gasteiger charge is -2.11. The number of benzene rings is 1. The lowest BCUT2D eigenvalue weighted by molar-refractivity contribution is -0.384. The number of halogens is 2. The number of rotatable bonds is 3. The Hall–Kier alpha value is -1.74. The van der Waals surface area contributed by atoms with E-state index in [2.05, 4.69) is 10.6 Å². The van der Waals surface area contributed by atoms with Crippen molar-refractivity contribution in [2.45, 2.75) is 6.04 Å². The molecule has 0 aromatic heterocycles. The molecule has 0 bridgehead atoms. The molecule has 2 N–H and O–H groups in total. The second-order valence-corrected chi connectivity index (χ2v) is 4.80. The molecule has 0 aliphatic carbocycles. The number of amides is 1. The van der Waals surface area contributed by atoms with E-state index in [0.717, 1.165) is 6.07 Å². The summed E-state index contributed by atoms with van der Waals surface area (Å²) in [7, 11) is 0. The van der Waals surface area contributed by atoms with Crippen molar-refractivity contribution in [2.75, 3.05) is 16.9 Å². The van der Waals surface area contributed by atoms with Crippen LogP contribution in [0.3, 0.4) is 0 Å². The van der Waals surface area contributed by atoms with E-state index in [1.807, 2.05) is 0 Å². The van der Waals surface area contributed by atoms with Crippen LogP contribution in [0, 0.1) is 21.7 Å². The lowest BCUT2D eigenvalue weighted by Crippen LogP contribution is -2.37. The first-order valence-corrected chi connectivity index (χ1v) is 6.40. The number of thioether (sulfide) groups is 1. The van der Waals surface area contributed by atoms with Gasteiger partial charge in [0.1, 0.15) is 0 Å². The number of nitrogens with zero attached hydrogens (tertiary/aromatic N) is 1. The van der Waals surface area contributed by atoms with E-state index >= 15 is 0 Å². The zero-order valence-corrected chi connectivity index (χ0v) is 10.3. The van der Waals surface area contributed by atoms with Gasteiger partial charge in [0.2, 0.25) is 5.91 Å². The third-order valence-corrected chi connectivity index (χ3v) is 3.49. The smallest absolute Gasteiger partial charge is 0.296 e. The van der Waals surface area contributed by atoms with Crippen LogP contribution < -0.4 is 10.6 Å². The fourth-order valence-corrected chi connectivity index (χ4v) is 2.53. The molecule has 2 rings (SSSR count). The van der Waals surface area contributed by atoms with E-state index in [9.17, 15) is 23.7 Å². The van der Waals surface area contributed by atoms with Crippen LogP contribution in [0.15, 0.2) is 12.1 Å². The van der Waals surface area contributed by atoms with Crippen LogP contribution in [0.2, 0.25) is 0 Å². The van der Waals surface area contributed by atoms with Gasteiger partial charge >= 0.3 is 0 Å². The highest BCUT2D eigenvalue weighted by Gasteiger charge is 2.28. The van der Waals surface area contributed by atoms with E-state index in [0.29, 0.717) is 17.7 Å². The van der Waals surface area contributed by atoms with Crippen molar-refractivity contribution in [3.63, 3.8) is 0 Å². The summed E-state index contributed by atoms with van der Waals surface area (Å²) in [5.74, 6) is -2.29. The van der Waals surface area contributed by atoms with E-state index < -0.39 is 39.9 Å². The number of hydrogen-bond acceptors (Lipinski definition) is 5. The molecular weight excluding hydrogens is 280 g/mol. The van der Waals surface area contributed by atoms with Crippen LogP contribution in [0.5, 0.6) is 0 Å². The molecule has 0 spiro atoms. The fraction of sp³-hybridized carbons (Fsp3) is 0.300. The summed E-state index contributed by atoms with van der Waals surface area (Å²) in [6, 6.07) is 0.879. The van der Waals surface area contributed by atoms with E-state index in [1.165, 1.54) is 11.8 Å². The van der Waals surface area contributed by atoms with E-state index in [4.69, 9.17) is 0 Å². The Bertz CT molecular complexity index is 535. The fourth-order valence-electron chi connectivity index (χ4n) is 1.59. The molecule has 6 nitrogen and oxygen atoms in total. The molecule has 1 unspecified atom stereocenters. The minimum absolute atomic E-state index is 0.469. The molecule has 9 heteroatoms. The average Bonchev–Trinajstić information content (AvgIpc) is 2.88. The molecule has 102 valence electrons. The number of carbonyl (C=O) groups is 1. The topological polar surface area (TPSA) is 84.3 Å². The number of nitro benzene ring substituents is 1. The molecule has 1 aliphatic heterocycles. The summed E-state index contributed by atoms with van der Waals surface area (Å²) >= 11 is 1.47. The number of carbonyl (C=O) groups excluding carboxylic acids is 1. The predicted octanol–water partition coefficient (Wildman–Crippen LogP) is 1.47. The Balaban J connectivity index is 2.29. The average molecular weight is 289 g/mol. The second kappa shape index (κ2) is 5.49. The number of nitrogens with one attached hydrogen (secondary N) is 2. The van der Waals surface area contributed by atoms with Gasteiger partial charge in [-0.1, -0.05) is 0 Å². The molecule has 1 aliphatic rings. The Kier molecular flexibility index (Phi) is 3.96. The molecule has 0 radical (unpaired) electrons. The van der Waals surface area contributed by atoms with Crippen LogP contribution in [0.4, 0.5) is 20.2 Å². The molecule has 1 fully saturated rings. The minimum Gasteiger partial charge on any atom is -0.316 e. The van der Waals surface area contributed by atoms with Gasteiger partial charge in [0.05, 0.1) is 11.0 Å². The highest BCUT2D eigenvalue weighted by atomic mass is 32.2. The van der Waals surface area contributed by atoms with Gasteiger partial charge in [-0.2, -0.15) is 0 Å². The summed E-state index contributed by atoms with van der Waals surface area (Å²) in [4.78, 5) is 21.6. The lowest BCUT2D eigenvalue weighted by atomic mass is 10.2.